The van der Waals surface area contributed by atoms with Crippen molar-refractivity contribution in [2.75, 3.05) is 0 Å². The first-order valence-electron chi connectivity index (χ1n) is 7.95. The Morgan fingerprint density at radius 1 is 0.889 bits per heavy atom. The molecule has 2 fully saturated rings. The van der Waals surface area contributed by atoms with Gasteiger partial charge in [0.1, 0.15) is 6.29 Å². The molecule has 0 aromatic rings. The molecule has 0 N–H and O–H groups in total. The molecular formula is C17H28O. The van der Waals surface area contributed by atoms with Crippen molar-refractivity contribution in [3.05, 3.63) is 12.2 Å². The predicted molar refractivity (Wildman–Crippen MR) is 76.4 cm³/mol. The molecule has 0 atom stereocenters. The first-order chi connectivity index (χ1) is 8.83. The molecule has 0 heterocycles. The molecule has 1 heteroatoms. The van der Waals surface area contributed by atoms with Crippen molar-refractivity contribution in [3.63, 3.8) is 0 Å². The lowest BCUT2D eigenvalue weighted by molar-refractivity contribution is -0.104. The number of rotatable bonds is 4. The number of allylic oxidation sites excluding steroid dienone is 2. The Hall–Kier alpha value is -0.590. The molecule has 0 aliphatic heterocycles. The third-order valence-corrected chi connectivity index (χ3v) is 5.41. The summed E-state index contributed by atoms with van der Waals surface area (Å²) in [6, 6.07) is 0. The first-order valence-corrected chi connectivity index (χ1v) is 7.95. The van der Waals surface area contributed by atoms with Crippen LogP contribution in [-0.2, 0) is 4.79 Å². The highest BCUT2D eigenvalue weighted by Crippen LogP contribution is 2.42. The minimum atomic E-state index is 0.679. The summed E-state index contributed by atoms with van der Waals surface area (Å²) in [5.74, 6) is 3.71. The summed E-state index contributed by atoms with van der Waals surface area (Å²) in [7, 11) is 0. The maximum atomic E-state index is 10.3. The van der Waals surface area contributed by atoms with Crippen LogP contribution in [0, 0.1) is 23.7 Å². The molecule has 18 heavy (non-hydrogen) atoms. The largest absolute Gasteiger partial charge is 0.299 e. The van der Waals surface area contributed by atoms with Crippen LogP contribution in [-0.4, -0.2) is 6.29 Å². The van der Waals surface area contributed by atoms with E-state index in [4.69, 9.17) is 0 Å². The maximum Gasteiger partial charge on any atom is 0.142 e. The van der Waals surface area contributed by atoms with Crippen LogP contribution in [0.25, 0.3) is 0 Å². The van der Waals surface area contributed by atoms with Gasteiger partial charge in [-0.1, -0.05) is 32.3 Å². The zero-order chi connectivity index (χ0) is 12.8. The van der Waals surface area contributed by atoms with Crippen LogP contribution in [0.4, 0.5) is 0 Å². The van der Waals surface area contributed by atoms with Gasteiger partial charge < -0.3 is 0 Å². The molecule has 2 saturated carbocycles. The van der Waals surface area contributed by atoms with E-state index in [1.54, 1.807) is 6.08 Å². The van der Waals surface area contributed by atoms with Gasteiger partial charge in [0.25, 0.3) is 0 Å². The highest BCUT2D eigenvalue weighted by Gasteiger charge is 2.29. The Morgan fingerprint density at radius 3 is 1.94 bits per heavy atom. The second-order valence-electron chi connectivity index (χ2n) is 6.38. The van der Waals surface area contributed by atoms with E-state index in [-0.39, 0.29) is 0 Å². The van der Waals surface area contributed by atoms with Gasteiger partial charge in [-0.15, -0.1) is 0 Å². The summed E-state index contributed by atoms with van der Waals surface area (Å²) < 4.78 is 0. The van der Waals surface area contributed by atoms with E-state index in [2.05, 4.69) is 13.0 Å². The third kappa shape index (κ3) is 3.70. The van der Waals surface area contributed by atoms with Crippen LogP contribution < -0.4 is 0 Å². The normalized spacial score (nSPS) is 37.8. The van der Waals surface area contributed by atoms with E-state index in [1.807, 2.05) is 0 Å². The van der Waals surface area contributed by atoms with Gasteiger partial charge in [0, 0.05) is 0 Å². The number of hydrogen-bond acceptors (Lipinski definition) is 1. The minimum absolute atomic E-state index is 0.679. The standard InChI is InChI=1S/C17H28O/c1-2-14-5-9-16(10-6-14)17-11-7-15(8-12-17)4-3-13-18/h3-4,13-17H,2,5-12H2,1H3/b4-3+/t14-,15?,16-,17?. The van der Waals surface area contributed by atoms with Crippen LogP contribution in [0.15, 0.2) is 12.2 Å². The molecule has 2 rings (SSSR count). The van der Waals surface area contributed by atoms with Gasteiger partial charge >= 0.3 is 0 Å². The van der Waals surface area contributed by atoms with Gasteiger partial charge in [0.05, 0.1) is 0 Å². The fourth-order valence-corrected chi connectivity index (χ4v) is 4.08. The van der Waals surface area contributed by atoms with Crippen molar-refractivity contribution in [2.24, 2.45) is 23.7 Å². The Labute approximate surface area is 112 Å². The van der Waals surface area contributed by atoms with Gasteiger partial charge in [-0.25, -0.2) is 0 Å². The van der Waals surface area contributed by atoms with E-state index in [0.717, 1.165) is 24.0 Å². The van der Waals surface area contributed by atoms with Crippen molar-refractivity contribution < 1.29 is 4.79 Å². The smallest absolute Gasteiger partial charge is 0.142 e. The fourth-order valence-electron chi connectivity index (χ4n) is 4.08. The van der Waals surface area contributed by atoms with Crippen LogP contribution >= 0.6 is 0 Å². The SMILES string of the molecule is CC[C@H]1CC[C@H](C2CCC(/C=C/C=O)CC2)CC1. The monoisotopic (exact) mass is 248 g/mol. The Balaban J connectivity index is 1.73. The van der Waals surface area contributed by atoms with E-state index in [9.17, 15) is 4.79 Å². The highest BCUT2D eigenvalue weighted by molar-refractivity contribution is 5.64. The summed E-state index contributed by atoms with van der Waals surface area (Å²) in [5.41, 5.74) is 0. The number of carbonyl (C=O) groups excluding carboxylic acids is 1. The maximum absolute atomic E-state index is 10.3. The molecule has 2 aliphatic rings. The summed E-state index contributed by atoms with van der Waals surface area (Å²) in [6.45, 7) is 2.34. The van der Waals surface area contributed by atoms with Crippen LogP contribution in [0.2, 0.25) is 0 Å². The average molecular weight is 248 g/mol. The van der Waals surface area contributed by atoms with Crippen LogP contribution in [0.5, 0.6) is 0 Å². The molecule has 0 bridgehead atoms. The molecule has 0 radical (unpaired) electrons. The van der Waals surface area contributed by atoms with Gasteiger partial charge in [-0.3, -0.25) is 4.79 Å². The summed E-state index contributed by atoms with van der Waals surface area (Å²) in [4.78, 5) is 10.3. The quantitative estimate of drug-likeness (QED) is 0.517. The number of hydrogen-bond donors (Lipinski definition) is 0. The van der Waals surface area contributed by atoms with Gasteiger partial charge in [0.15, 0.2) is 0 Å². The number of aldehydes is 1. The molecule has 0 aromatic heterocycles. The van der Waals surface area contributed by atoms with E-state index >= 15 is 0 Å². The van der Waals surface area contributed by atoms with Crippen molar-refractivity contribution in [3.8, 4) is 0 Å². The topological polar surface area (TPSA) is 17.1 Å². The zero-order valence-electron chi connectivity index (χ0n) is 11.8. The lowest BCUT2D eigenvalue weighted by Crippen LogP contribution is -2.25. The second kappa shape index (κ2) is 7.11. The highest BCUT2D eigenvalue weighted by atomic mass is 16.1. The molecular weight excluding hydrogens is 220 g/mol. The zero-order valence-corrected chi connectivity index (χ0v) is 11.8. The van der Waals surface area contributed by atoms with Crippen molar-refractivity contribution in [2.45, 2.75) is 64.7 Å². The van der Waals surface area contributed by atoms with Gasteiger partial charge in [0.2, 0.25) is 0 Å². The Bertz CT molecular complexity index is 265. The van der Waals surface area contributed by atoms with Crippen molar-refractivity contribution in [1.82, 2.24) is 0 Å². The number of carbonyl (C=O) groups is 1. The van der Waals surface area contributed by atoms with E-state index in [1.165, 1.54) is 57.8 Å². The van der Waals surface area contributed by atoms with Crippen LogP contribution in [0.3, 0.4) is 0 Å². The average Bonchev–Trinajstić information content (AvgIpc) is 2.46. The summed E-state index contributed by atoms with van der Waals surface area (Å²) >= 11 is 0. The second-order valence-corrected chi connectivity index (χ2v) is 6.38. The van der Waals surface area contributed by atoms with Crippen molar-refractivity contribution >= 4 is 6.29 Å². The summed E-state index contributed by atoms with van der Waals surface area (Å²) in [6.07, 6.45) is 17.5. The molecule has 0 saturated heterocycles. The lowest BCUT2D eigenvalue weighted by atomic mass is 9.69. The third-order valence-electron chi connectivity index (χ3n) is 5.41. The summed E-state index contributed by atoms with van der Waals surface area (Å²) in [5, 5.41) is 0. The molecule has 0 spiro atoms. The van der Waals surface area contributed by atoms with Gasteiger partial charge in [-0.05, 0) is 68.3 Å². The molecule has 102 valence electrons. The fraction of sp³-hybridized carbons (Fsp3) is 0.824. The van der Waals surface area contributed by atoms with Crippen LogP contribution in [0.1, 0.15) is 64.7 Å². The predicted octanol–water partition coefficient (Wildman–Crippen LogP) is 4.76. The Morgan fingerprint density at radius 2 is 1.44 bits per heavy atom. The lowest BCUT2D eigenvalue weighted by Gasteiger charge is -2.37. The first kappa shape index (κ1) is 13.8. The molecule has 1 nitrogen and oxygen atoms in total. The molecule has 2 aliphatic carbocycles. The van der Waals surface area contributed by atoms with Crippen molar-refractivity contribution in [1.29, 1.82) is 0 Å². The molecule has 0 unspecified atom stereocenters. The molecule has 0 amide bonds. The van der Waals surface area contributed by atoms with E-state index < -0.39 is 0 Å². The minimum Gasteiger partial charge on any atom is -0.299 e. The van der Waals surface area contributed by atoms with E-state index in [0.29, 0.717) is 5.92 Å². The van der Waals surface area contributed by atoms with Gasteiger partial charge in [-0.2, -0.15) is 0 Å². The molecule has 0 aromatic carbocycles. The Kier molecular flexibility index (Phi) is 5.46.